The molecule has 1 aromatic heterocycles. The van der Waals surface area contributed by atoms with Crippen LogP contribution in [0.5, 0.6) is 0 Å². The Morgan fingerprint density at radius 1 is 1.47 bits per heavy atom. The van der Waals surface area contributed by atoms with Crippen molar-refractivity contribution in [3.8, 4) is 0 Å². The molecule has 1 aliphatic rings. The third-order valence-corrected chi connectivity index (χ3v) is 3.43. The molecule has 0 bridgehead atoms. The second-order valence-electron chi connectivity index (χ2n) is 5.44. The zero-order valence-electron chi connectivity index (χ0n) is 10.9. The van der Waals surface area contributed by atoms with Gasteiger partial charge in [0.15, 0.2) is 0 Å². The molecule has 1 saturated carbocycles. The van der Waals surface area contributed by atoms with Gasteiger partial charge in [0.1, 0.15) is 0 Å². The number of ether oxygens (including phenoxy) is 1. The van der Waals surface area contributed by atoms with Gasteiger partial charge >= 0.3 is 0 Å². The van der Waals surface area contributed by atoms with Crippen LogP contribution in [0.3, 0.4) is 0 Å². The third-order valence-electron chi connectivity index (χ3n) is 3.43. The molecule has 1 aliphatic carbocycles. The Labute approximate surface area is 103 Å². The molecule has 4 heteroatoms. The summed E-state index contributed by atoms with van der Waals surface area (Å²) in [5, 5.41) is 4.45. The number of rotatable bonds is 5. The van der Waals surface area contributed by atoms with Crippen molar-refractivity contribution in [2.45, 2.75) is 57.7 Å². The monoisotopic (exact) mass is 237 g/mol. The summed E-state index contributed by atoms with van der Waals surface area (Å²) >= 11 is 0. The molecular weight excluding hydrogens is 214 g/mol. The van der Waals surface area contributed by atoms with Crippen molar-refractivity contribution in [1.29, 1.82) is 0 Å². The van der Waals surface area contributed by atoms with Gasteiger partial charge in [-0.25, -0.2) is 0 Å². The lowest BCUT2D eigenvalue weighted by molar-refractivity contribution is 0.0727. The van der Waals surface area contributed by atoms with E-state index in [0.29, 0.717) is 19.3 Å². The minimum atomic E-state index is -0.0827. The van der Waals surface area contributed by atoms with Crippen LogP contribution in [0.15, 0.2) is 12.3 Å². The molecule has 1 heterocycles. The second kappa shape index (κ2) is 5.19. The van der Waals surface area contributed by atoms with Crippen molar-refractivity contribution in [2.75, 3.05) is 6.61 Å². The fourth-order valence-corrected chi connectivity index (χ4v) is 2.32. The molecule has 0 radical (unpaired) electrons. The highest BCUT2D eigenvalue weighted by molar-refractivity contribution is 4.98. The van der Waals surface area contributed by atoms with Crippen LogP contribution >= 0.6 is 0 Å². The third kappa shape index (κ3) is 3.30. The van der Waals surface area contributed by atoms with E-state index in [1.54, 1.807) is 0 Å². The number of nitrogens with zero attached hydrogens (tertiary/aromatic N) is 2. The maximum Gasteiger partial charge on any atom is 0.0907 e. The molecule has 0 aromatic carbocycles. The van der Waals surface area contributed by atoms with Gasteiger partial charge in [-0.1, -0.05) is 12.8 Å². The van der Waals surface area contributed by atoms with Gasteiger partial charge < -0.3 is 10.5 Å². The summed E-state index contributed by atoms with van der Waals surface area (Å²) in [7, 11) is 0. The van der Waals surface area contributed by atoms with E-state index < -0.39 is 0 Å². The Morgan fingerprint density at radius 2 is 2.18 bits per heavy atom. The highest BCUT2D eigenvalue weighted by Crippen LogP contribution is 2.27. The molecule has 0 aliphatic heterocycles. The first-order valence-corrected chi connectivity index (χ1v) is 6.50. The van der Waals surface area contributed by atoms with E-state index >= 15 is 0 Å². The van der Waals surface area contributed by atoms with E-state index in [4.69, 9.17) is 10.5 Å². The molecule has 96 valence electrons. The molecule has 0 saturated heterocycles. The Kier molecular flexibility index (Phi) is 3.84. The van der Waals surface area contributed by atoms with Gasteiger partial charge in [-0.2, -0.15) is 5.10 Å². The predicted octanol–water partition coefficient (Wildman–Crippen LogP) is 2.25. The van der Waals surface area contributed by atoms with E-state index in [0.717, 1.165) is 18.5 Å². The number of hydrogen-bond acceptors (Lipinski definition) is 3. The largest absolute Gasteiger partial charge is 0.373 e. The minimum Gasteiger partial charge on any atom is -0.373 e. The predicted molar refractivity (Wildman–Crippen MR) is 67.7 cm³/mol. The smallest absolute Gasteiger partial charge is 0.0907 e. The van der Waals surface area contributed by atoms with Gasteiger partial charge in [-0.3, -0.25) is 4.68 Å². The number of hydrogen-bond donors (Lipinski definition) is 1. The van der Waals surface area contributed by atoms with Crippen LogP contribution in [0, 0.1) is 0 Å². The molecule has 4 nitrogen and oxygen atoms in total. The molecule has 0 amide bonds. The fourth-order valence-electron chi connectivity index (χ4n) is 2.32. The summed E-state index contributed by atoms with van der Waals surface area (Å²) in [6.07, 6.45) is 6.65. The summed E-state index contributed by atoms with van der Waals surface area (Å²) in [5.74, 6) is 0. The molecule has 0 atom stereocenters. The first kappa shape index (κ1) is 12.6. The maximum atomic E-state index is 6.23. The summed E-state index contributed by atoms with van der Waals surface area (Å²) in [6.45, 7) is 5.45. The van der Waals surface area contributed by atoms with Crippen molar-refractivity contribution in [1.82, 2.24) is 9.78 Å². The van der Waals surface area contributed by atoms with Crippen LogP contribution in [-0.4, -0.2) is 21.9 Å². The summed E-state index contributed by atoms with van der Waals surface area (Å²) in [4.78, 5) is 0. The highest BCUT2D eigenvalue weighted by atomic mass is 16.5. The molecule has 17 heavy (non-hydrogen) atoms. The SMILES string of the molecule is CC(C)n1ccc(COCC2(N)CCCC2)n1. The van der Waals surface area contributed by atoms with Gasteiger partial charge in [0.2, 0.25) is 0 Å². The van der Waals surface area contributed by atoms with E-state index in [1.807, 2.05) is 16.9 Å². The van der Waals surface area contributed by atoms with Crippen LogP contribution in [0.1, 0.15) is 51.3 Å². The van der Waals surface area contributed by atoms with Crippen LogP contribution in [0.25, 0.3) is 0 Å². The summed E-state index contributed by atoms with van der Waals surface area (Å²) in [6, 6.07) is 2.41. The van der Waals surface area contributed by atoms with E-state index in [1.165, 1.54) is 12.8 Å². The lowest BCUT2D eigenvalue weighted by Crippen LogP contribution is -2.41. The van der Waals surface area contributed by atoms with Gasteiger partial charge in [-0.15, -0.1) is 0 Å². The summed E-state index contributed by atoms with van der Waals surface area (Å²) in [5.41, 5.74) is 7.13. The van der Waals surface area contributed by atoms with Gasteiger partial charge in [-0.05, 0) is 32.8 Å². The lowest BCUT2D eigenvalue weighted by atomic mass is 10.0. The molecule has 2 N–H and O–H groups in total. The molecule has 0 spiro atoms. The first-order chi connectivity index (χ1) is 8.09. The molecule has 1 fully saturated rings. The standard InChI is InChI=1S/C13H23N3O/c1-11(2)16-8-5-12(15-16)9-17-10-13(14)6-3-4-7-13/h5,8,11H,3-4,6-7,9-10,14H2,1-2H3. The molecule has 2 rings (SSSR count). The quantitative estimate of drug-likeness (QED) is 0.854. The van der Waals surface area contributed by atoms with E-state index in [9.17, 15) is 0 Å². The average Bonchev–Trinajstić information content (AvgIpc) is 2.88. The van der Waals surface area contributed by atoms with Crippen molar-refractivity contribution in [3.63, 3.8) is 0 Å². The number of aromatic nitrogens is 2. The Hall–Kier alpha value is -0.870. The lowest BCUT2D eigenvalue weighted by Gasteiger charge is -2.22. The summed E-state index contributed by atoms with van der Waals surface area (Å²) < 4.78 is 7.65. The Bertz CT molecular complexity index is 353. The molecule has 1 aromatic rings. The number of nitrogens with two attached hydrogens (primary N) is 1. The Morgan fingerprint density at radius 3 is 2.76 bits per heavy atom. The maximum absolute atomic E-state index is 6.23. The van der Waals surface area contributed by atoms with E-state index in [-0.39, 0.29) is 5.54 Å². The zero-order valence-corrected chi connectivity index (χ0v) is 10.9. The average molecular weight is 237 g/mol. The topological polar surface area (TPSA) is 53.1 Å². The Balaban J connectivity index is 1.77. The first-order valence-electron chi connectivity index (χ1n) is 6.50. The van der Waals surface area contributed by atoms with Crippen LogP contribution in [0.2, 0.25) is 0 Å². The van der Waals surface area contributed by atoms with Crippen LogP contribution < -0.4 is 5.73 Å². The zero-order chi connectivity index (χ0) is 12.3. The van der Waals surface area contributed by atoms with Gasteiger partial charge in [0, 0.05) is 17.8 Å². The van der Waals surface area contributed by atoms with Crippen LogP contribution in [0.4, 0.5) is 0 Å². The highest BCUT2D eigenvalue weighted by Gasteiger charge is 2.29. The molecule has 0 unspecified atom stereocenters. The van der Waals surface area contributed by atoms with Crippen molar-refractivity contribution >= 4 is 0 Å². The van der Waals surface area contributed by atoms with Crippen molar-refractivity contribution in [3.05, 3.63) is 18.0 Å². The fraction of sp³-hybridized carbons (Fsp3) is 0.769. The van der Waals surface area contributed by atoms with Crippen molar-refractivity contribution in [2.24, 2.45) is 5.73 Å². The minimum absolute atomic E-state index is 0.0827. The van der Waals surface area contributed by atoms with Crippen LogP contribution in [-0.2, 0) is 11.3 Å². The van der Waals surface area contributed by atoms with Gasteiger partial charge in [0.05, 0.1) is 18.9 Å². The molecular formula is C13H23N3O. The van der Waals surface area contributed by atoms with Gasteiger partial charge in [0.25, 0.3) is 0 Å². The second-order valence-corrected chi connectivity index (χ2v) is 5.44. The van der Waals surface area contributed by atoms with E-state index in [2.05, 4.69) is 18.9 Å². The van der Waals surface area contributed by atoms with Crippen molar-refractivity contribution < 1.29 is 4.74 Å². The normalized spacial score (nSPS) is 19.1.